The first-order valence-electron chi connectivity index (χ1n) is 4.42. The largest absolute Gasteiger partial charge is 0.418 e. The van der Waals surface area contributed by atoms with Crippen molar-refractivity contribution in [2.75, 3.05) is 0 Å². The Balaban J connectivity index is 2.89. The third-order valence-electron chi connectivity index (χ3n) is 2.09. The van der Waals surface area contributed by atoms with Gasteiger partial charge in [-0.15, -0.1) is 0 Å². The maximum atomic E-state index is 12.1. The summed E-state index contributed by atoms with van der Waals surface area (Å²) in [5.41, 5.74) is 6.10. The molecule has 2 unspecified atom stereocenters. The Bertz CT molecular complexity index is 318. The molecule has 0 saturated heterocycles. The molecule has 84 valence electrons. The molecule has 0 heterocycles. The monoisotopic (exact) mass is 219 g/mol. The molecule has 0 spiro atoms. The van der Waals surface area contributed by atoms with Gasteiger partial charge in [-0.05, 0) is 18.1 Å². The molecule has 0 saturated carbocycles. The summed E-state index contributed by atoms with van der Waals surface area (Å²) in [6.45, 7) is 1.73. The molecule has 0 amide bonds. The van der Waals surface area contributed by atoms with Gasteiger partial charge in [0.15, 0.2) is 6.10 Å². The summed E-state index contributed by atoms with van der Waals surface area (Å²) in [6.07, 6.45) is -7.06. The molecule has 0 bridgehead atoms. The van der Waals surface area contributed by atoms with Gasteiger partial charge in [-0.1, -0.05) is 24.3 Å². The van der Waals surface area contributed by atoms with Gasteiger partial charge in [-0.3, -0.25) is 0 Å². The van der Waals surface area contributed by atoms with Gasteiger partial charge in [0.25, 0.3) is 0 Å². The summed E-state index contributed by atoms with van der Waals surface area (Å²) in [5, 5.41) is 8.93. The molecule has 2 nitrogen and oxygen atoms in total. The molecule has 0 aromatic heterocycles. The van der Waals surface area contributed by atoms with E-state index >= 15 is 0 Å². The lowest BCUT2D eigenvalue weighted by Crippen LogP contribution is -2.20. The number of alkyl halides is 3. The molecule has 0 radical (unpaired) electrons. The fourth-order valence-corrected chi connectivity index (χ4v) is 1.17. The normalized spacial score (nSPS) is 16.1. The van der Waals surface area contributed by atoms with Crippen molar-refractivity contribution in [1.82, 2.24) is 0 Å². The number of nitrogens with two attached hydrogens (primary N) is 1. The van der Waals surface area contributed by atoms with Crippen LogP contribution in [0.3, 0.4) is 0 Å². The highest BCUT2D eigenvalue weighted by molar-refractivity contribution is 5.26. The van der Waals surface area contributed by atoms with E-state index in [-0.39, 0.29) is 11.6 Å². The van der Waals surface area contributed by atoms with Crippen molar-refractivity contribution in [3.05, 3.63) is 35.4 Å². The summed E-state index contributed by atoms with van der Waals surface area (Å²) in [6, 6.07) is 5.19. The number of halogens is 3. The van der Waals surface area contributed by atoms with E-state index in [1.165, 1.54) is 24.3 Å². The molecule has 0 aliphatic rings. The Morgan fingerprint density at radius 3 is 1.87 bits per heavy atom. The lowest BCUT2D eigenvalue weighted by Gasteiger charge is -2.15. The van der Waals surface area contributed by atoms with E-state index in [2.05, 4.69) is 0 Å². The van der Waals surface area contributed by atoms with Crippen LogP contribution in [0.1, 0.15) is 30.2 Å². The van der Waals surface area contributed by atoms with Crippen LogP contribution < -0.4 is 5.73 Å². The van der Waals surface area contributed by atoms with Crippen molar-refractivity contribution >= 4 is 0 Å². The lowest BCUT2D eigenvalue weighted by molar-refractivity contribution is -0.206. The Labute approximate surface area is 85.5 Å². The third kappa shape index (κ3) is 2.94. The first-order valence-corrected chi connectivity index (χ1v) is 4.42. The second-order valence-corrected chi connectivity index (χ2v) is 3.40. The zero-order valence-corrected chi connectivity index (χ0v) is 8.12. The van der Waals surface area contributed by atoms with Crippen molar-refractivity contribution in [2.24, 2.45) is 5.73 Å². The molecule has 15 heavy (non-hydrogen) atoms. The Morgan fingerprint density at radius 1 is 1.13 bits per heavy atom. The van der Waals surface area contributed by atoms with Crippen LogP contribution in [0.25, 0.3) is 0 Å². The van der Waals surface area contributed by atoms with E-state index in [1.807, 2.05) is 0 Å². The number of hydrogen-bond acceptors (Lipinski definition) is 2. The SMILES string of the molecule is CC(N)c1ccc(C(O)C(F)(F)F)cc1. The van der Waals surface area contributed by atoms with Gasteiger partial charge in [0, 0.05) is 6.04 Å². The summed E-state index contributed by atoms with van der Waals surface area (Å²) in [7, 11) is 0. The van der Waals surface area contributed by atoms with E-state index in [9.17, 15) is 13.2 Å². The molecule has 0 aliphatic carbocycles. The quantitative estimate of drug-likeness (QED) is 0.801. The third-order valence-corrected chi connectivity index (χ3v) is 2.09. The zero-order chi connectivity index (χ0) is 11.6. The number of benzene rings is 1. The minimum atomic E-state index is -4.63. The molecular weight excluding hydrogens is 207 g/mol. The maximum Gasteiger partial charge on any atom is 0.418 e. The van der Waals surface area contributed by atoms with Gasteiger partial charge < -0.3 is 10.8 Å². The highest BCUT2D eigenvalue weighted by atomic mass is 19.4. The summed E-state index contributed by atoms with van der Waals surface area (Å²) < 4.78 is 36.4. The van der Waals surface area contributed by atoms with Crippen LogP contribution in [0.2, 0.25) is 0 Å². The fraction of sp³-hybridized carbons (Fsp3) is 0.400. The fourth-order valence-electron chi connectivity index (χ4n) is 1.17. The average Bonchev–Trinajstić information content (AvgIpc) is 2.15. The van der Waals surface area contributed by atoms with Gasteiger partial charge in [0.2, 0.25) is 0 Å². The van der Waals surface area contributed by atoms with Crippen LogP contribution in [0, 0.1) is 0 Å². The number of hydrogen-bond donors (Lipinski definition) is 2. The number of aliphatic hydroxyl groups excluding tert-OH is 1. The molecule has 5 heteroatoms. The maximum absolute atomic E-state index is 12.1. The summed E-state index contributed by atoms with van der Waals surface area (Å²) in [4.78, 5) is 0. The van der Waals surface area contributed by atoms with Crippen molar-refractivity contribution in [3.8, 4) is 0 Å². The van der Waals surface area contributed by atoms with Crippen molar-refractivity contribution in [3.63, 3.8) is 0 Å². The van der Waals surface area contributed by atoms with Crippen LogP contribution in [-0.4, -0.2) is 11.3 Å². The lowest BCUT2D eigenvalue weighted by atomic mass is 10.0. The smallest absolute Gasteiger partial charge is 0.379 e. The summed E-state index contributed by atoms with van der Waals surface area (Å²) in [5.74, 6) is 0. The average molecular weight is 219 g/mol. The molecule has 2 atom stereocenters. The van der Waals surface area contributed by atoms with E-state index in [4.69, 9.17) is 10.8 Å². The number of aliphatic hydroxyl groups is 1. The van der Waals surface area contributed by atoms with Crippen molar-refractivity contribution in [1.29, 1.82) is 0 Å². The van der Waals surface area contributed by atoms with Gasteiger partial charge in [0.05, 0.1) is 0 Å². The van der Waals surface area contributed by atoms with Crippen LogP contribution in [-0.2, 0) is 0 Å². The van der Waals surface area contributed by atoms with Crippen molar-refractivity contribution in [2.45, 2.75) is 25.2 Å². The van der Waals surface area contributed by atoms with Crippen LogP contribution in [0.5, 0.6) is 0 Å². The van der Waals surface area contributed by atoms with Crippen LogP contribution in [0.4, 0.5) is 13.2 Å². The molecule has 0 aliphatic heterocycles. The minimum absolute atomic E-state index is 0.174. The van der Waals surface area contributed by atoms with E-state index in [0.717, 1.165) is 5.56 Å². The van der Waals surface area contributed by atoms with Gasteiger partial charge >= 0.3 is 6.18 Å². The molecule has 1 aromatic carbocycles. The topological polar surface area (TPSA) is 46.2 Å². The highest BCUT2D eigenvalue weighted by Gasteiger charge is 2.39. The van der Waals surface area contributed by atoms with Crippen molar-refractivity contribution < 1.29 is 18.3 Å². The Hall–Kier alpha value is -1.07. The standard InChI is InChI=1S/C10H12F3NO/c1-6(14)7-2-4-8(5-3-7)9(15)10(11,12)13/h2-6,9,15H,14H2,1H3. The second kappa shape index (κ2) is 4.20. The molecule has 1 rings (SSSR count). The minimum Gasteiger partial charge on any atom is -0.379 e. The van der Waals surface area contributed by atoms with E-state index < -0.39 is 12.3 Å². The predicted octanol–water partition coefficient (Wildman–Crippen LogP) is 2.30. The Kier molecular flexibility index (Phi) is 3.36. The highest BCUT2D eigenvalue weighted by Crippen LogP contribution is 2.32. The molecule has 0 fully saturated rings. The molecule has 3 N–H and O–H groups in total. The van der Waals surface area contributed by atoms with Gasteiger partial charge in [0.1, 0.15) is 0 Å². The van der Waals surface area contributed by atoms with Gasteiger partial charge in [-0.25, -0.2) is 0 Å². The van der Waals surface area contributed by atoms with E-state index in [0.29, 0.717) is 0 Å². The first kappa shape index (κ1) is 12.0. The second-order valence-electron chi connectivity index (χ2n) is 3.40. The Morgan fingerprint density at radius 2 is 1.53 bits per heavy atom. The van der Waals surface area contributed by atoms with E-state index in [1.54, 1.807) is 6.92 Å². The zero-order valence-electron chi connectivity index (χ0n) is 8.12. The number of rotatable bonds is 2. The molecule has 1 aromatic rings. The predicted molar refractivity (Wildman–Crippen MR) is 50.1 cm³/mol. The summed E-state index contributed by atoms with van der Waals surface area (Å²) >= 11 is 0. The first-order chi connectivity index (χ1) is 6.82. The van der Waals surface area contributed by atoms with Crippen LogP contribution >= 0.6 is 0 Å². The van der Waals surface area contributed by atoms with Crippen LogP contribution in [0.15, 0.2) is 24.3 Å². The van der Waals surface area contributed by atoms with Gasteiger partial charge in [-0.2, -0.15) is 13.2 Å². The molecular formula is C10H12F3NO.